The number of hydrogen-bond acceptors (Lipinski definition) is 3. The standard InChI is InChI=1S/C12H17N3O4/c1-2-5-9(11(17)18)14-12(19)13-8-10(16)15-6-3-4-7-15/h1,9H,3-8H2,(H,17,18)(H2,13,14,19). The maximum Gasteiger partial charge on any atom is 0.327 e. The second-order valence-electron chi connectivity index (χ2n) is 4.21. The van der Waals surface area contributed by atoms with Crippen molar-refractivity contribution in [2.24, 2.45) is 0 Å². The van der Waals surface area contributed by atoms with Gasteiger partial charge in [-0.25, -0.2) is 9.59 Å². The molecule has 3 N–H and O–H groups in total. The molecule has 7 heteroatoms. The van der Waals surface area contributed by atoms with Crippen molar-refractivity contribution < 1.29 is 19.5 Å². The first-order valence-corrected chi connectivity index (χ1v) is 6.03. The van der Waals surface area contributed by atoms with E-state index < -0.39 is 18.0 Å². The van der Waals surface area contributed by atoms with Gasteiger partial charge in [0.2, 0.25) is 5.91 Å². The van der Waals surface area contributed by atoms with Crippen LogP contribution in [0.5, 0.6) is 0 Å². The molecule has 1 aliphatic rings. The van der Waals surface area contributed by atoms with Gasteiger partial charge in [0, 0.05) is 19.5 Å². The van der Waals surface area contributed by atoms with Gasteiger partial charge in [-0.3, -0.25) is 4.79 Å². The van der Waals surface area contributed by atoms with E-state index in [1.807, 2.05) is 0 Å². The van der Waals surface area contributed by atoms with Crippen LogP contribution in [-0.4, -0.2) is 53.6 Å². The summed E-state index contributed by atoms with van der Waals surface area (Å²) in [7, 11) is 0. The summed E-state index contributed by atoms with van der Waals surface area (Å²) >= 11 is 0. The number of carboxylic acid groups (broad SMARTS) is 1. The highest BCUT2D eigenvalue weighted by Crippen LogP contribution is 2.06. The molecule has 0 aromatic heterocycles. The molecule has 0 aliphatic carbocycles. The van der Waals surface area contributed by atoms with Crippen LogP contribution in [0.4, 0.5) is 4.79 Å². The lowest BCUT2D eigenvalue weighted by atomic mass is 10.2. The van der Waals surface area contributed by atoms with Crippen LogP contribution in [0, 0.1) is 12.3 Å². The van der Waals surface area contributed by atoms with Crippen LogP contribution in [-0.2, 0) is 9.59 Å². The highest BCUT2D eigenvalue weighted by Gasteiger charge is 2.21. The van der Waals surface area contributed by atoms with E-state index in [1.54, 1.807) is 4.90 Å². The number of terminal acetylenes is 1. The fourth-order valence-corrected chi connectivity index (χ4v) is 1.76. The number of hydrogen-bond donors (Lipinski definition) is 3. The van der Waals surface area contributed by atoms with Crippen LogP contribution in [0.2, 0.25) is 0 Å². The van der Waals surface area contributed by atoms with Crippen molar-refractivity contribution >= 4 is 17.9 Å². The number of amides is 3. The topological polar surface area (TPSA) is 98.7 Å². The summed E-state index contributed by atoms with van der Waals surface area (Å²) in [6, 6.07) is -1.86. The normalized spacial score (nSPS) is 15.4. The Morgan fingerprint density at radius 2 is 1.95 bits per heavy atom. The minimum absolute atomic E-state index is 0.108. The maximum atomic E-state index is 11.6. The van der Waals surface area contributed by atoms with E-state index in [0.717, 1.165) is 12.8 Å². The maximum absolute atomic E-state index is 11.6. The van der Waals surface area contributed by atoms with Crippen molar-refractivity contribution in [1.82, 2.24) is 15.5 Å². The van der Waals surface area contributed by atoms with Crippen LogP contribution in [0.25, 0.3) is 0 Å². The van der Waals surface area contributed by atoms with Gasteiger partial charge in [0.25, 0.3) is 0 Å². The third-order valence-corrected chi connectivity index (χ3v) is 2.78. The Morgan fingerprint density at radius 1 is 1.32 bits per heavy atom. The lowest BCUT2D eigenvalue weighted by molar-refractivity contribution is -0.139. The molecule has 19 heavy (non-hydrogen) atoms. The molecule has 1 atom stereocenters. The first-order valence-electron chi connectivity index (χ1n) is 6.03. The van der Waals surface area contributed by atoms with Crippen molar-refractivity contribution in [2.75, 3.05) is 19.6 Å². The van der Waals surface area contributed by atoms with Crippen molar-refractivity contribution in [3.63, 3.8) is 0 Å². The minimum atomic E-state index is -1.21. The summed E-state index contributed by atoms with van der Waals surface area (Å²) in [6.45, 7) is 1.27. The molecule has 0 bridgehead atoms. The first-order chi connectivity index (χ1) is 9.04. The monoisotopic (exact) mass is 267 g/mol. The number of nitrogens with zero attached hydrogens (tertiary/aromatic N) is 1. The molecule has 1 fully saturated rings. The zero-order chi connectivity index (χ0) is 14.3. The molecule has 3 amide bonds. The fourth-order valence-electron chi connectivity index (χ4n) is 1.76. The molecule has 0 aromatic carbocycles. The summed E-state index contributed by atoms with van der Waals surface area (Å²) in [5.74, 6) is 0.786. The number of rotatable bonds is 5. The fraction of sp³-hybridized carbons (Fsp3) is 0.583. The van der Waals surface area contributed by atoms with Crippen LogP contribution in [0.15, 0.2) is 0 Å². The Labute approximate surface area is 111 Å². The zero-order valence-electron chi connectivity index (χ0n) is 10.5. The molecule has 0 radical (unpaired) electrons. The van der Waals surface area contributed by atoms with Gasteiger partial charge in [0.1, 0.15) is 6.04 Å². The van der Waals surface area contributed by atoms with E-state index in [1.165, 1.54) is 0 Å². The van der Waals surface area contributed by atoms with Gasteiger partial charge in [0.15, 0.2) is 0 Å². The van der Waals surface area contributed by atoms with Crippen molar-refractivity contribution in [3.8, 4) is 12.3 Å². The number of urea groups is 1. The van der Waals surface area contributed by atoms with Gasteiger partial charge in [-0.15, -0.1) is 12.3 Å². The summed E-state index contributed by atoms with van der Waals surface area (Å²) < 4.78 is 0. The average molecular weight is 267 g/mol. The molecule has 1 heterocycles. The summed E-state index contributed by atoms with van der Waals surface area (Å²) in [6.07, 6.45) is 6.84. The molecule has 1 saturated heterocycles. The molecular formula is C12H17N3O4. The van der Waals surface area contributed by atoms with E-state index in [2.05, 4.69) is 16.6 Å². The van der Waals surface area contributed by atoms with Crippen molar-refractivity contribution in [1.29, 1.82) is 0 Å². The molecule has 1 unspecified atom stereocenters. The highest BCUT2D eigenvalue weighted by atomic mass is 16.4. The molecule has 104 valence electrons. The zero-order valence-corrected chi connectivity index (χ0v) is 10.5. The third-order valence-electron chi connectivity index (χ3n) is 2.78. The van der Waals surface area contributed by atoms with Gasteiger partial charge in [0.05, 0.1) is 6.54 Å². The Hall–Kier alpha value is -2.23. The van der Waals surface area contributed by atoms with E-state index in [9.17, 15) is 14.4 Å². The molecule has 1 rings (SSSR count). The average Bonchev–Trinajstić information content (AvgIpc) is 2.89. The molecule has 1 aliphatic heterocycles. The largest absolute Gasteiger partial charge is 0.480 e. The van der Waals surface area contributed by atoms with Crippen molar-refractivity contribution in [3.05, 3.63) is 0 Å². The molecular weight excluding hydrogens is 250 g/mol. The SMILES string of the molecule is C#CCC(NC(=O)NCC(=O)N1CCCC1)C(=O)O. The Bertz CT molecular complexity index is 396. The van der Waals surface area contributed by atoms with Crippen LogP contribution in [0.1, 0.15) is 19.3 Å². The lowest BCUT2D eigenvalue weighted by Crippen LogP contribution is -2.48. The van der Waals surface area contributed by atoms with Crippen molar-refractivity contribution in [2.45, 2.75) is 25.3 Å². The number of likely N-dealkylation sites (tertiary alicyclic amines) is 1. The summed E-state index contributed by atoms with van der Waals surface area (Å²) in [5, 5.41) is 13.3. The molecule has 0 spiro atoms. The van der Waals surface area contributed by atoms with E-state index in [-0.39, 0.29) is 18.9 Å². The number of aliphatic carboxylic acids is 1. The quantitative estimate of drug-likeness (QED) is 0.578. The van der Waals surface area contributed by atoms with Gasteiger partial charge in [-0.1, -0.05) is 0 Å². The lowest BCUT2D eigenvalue weighted by Gasteiger charge is -2.16. The Morgan fingerprint density at radius 3 is 2.47 bits per heavy atom. The number of nitrogens with one attached hydrogen (secondary N) is 2. The number of carboxylic acids is 1. The third kappa shape index (κ3) is 4.87. The summed E-state index contributed by atoms with van der Waals surface area (Å²) in [5.41, 5.74) is 0. The van der Waals surface area contributed by atoms with Gasteiger partial charge >= 0.3 is 12.0 Å². The van der Waals surface area contributed by atoms with E-state index in [4.69, 9.17) is 11.5 Å². The first kappa shape index (κ1) is 14.8. The highest BCUT2D eigenvalue weighted by molar-refractivity contribution is 5.86. The molecule has 0 aromatic rings. The van der Waals surface area contributed by atoms with E-state index >= 15 is 0 Å². The Kier molecular flexibility index (Phi) is 5.67. The van der Waals surface area contributed by atoms with E-state index in [0.29, 0.717) is 13.1 Å². The second kappa shape index (κ2) is 7.26. The van der Waals surface area contributed by atoms with Gasteiger partial charge in [-0.2, -0.15) is 0 Å². The predicted molar refractivity (Wildman–Crippen MR) is 67.2 cm³/mol. The van der Waals surface area contributed by atoms with Crippen LogP contribution >= 0.6 is 0 Å². The van der Waals surface area contributed by atoms with Crippen LogP contribution < -0.4 is 10.6 Å². The molecule has 0 saturated carbocycles. The van der Waals surface area contributed by atoms with Gasteiger partial charge < -0.3 is 20.6 Å². The number of carbonyl (C=O) groups excluding carboxylic acids is 2. The molecule has 7 nitrogen and oxygen atoms in total. The number of carbonyl (C=O) groups is 3. The predicted octanol–water partition coefficient (Wildman–Crippen LogP) is -0.615. The smallest absolute Gasteiger partial charge is 0.327 e. The second-order valence-corrected chi connectivity index (χ2v) is 4.21. The Balaban J connectivity index is 2.32. The van der Waals surface area contributed by atoms with Crippen LogP contribution in [0.3, 0.4) is 0 Å². The minimum Gasteiger partial charge on any atom is -0.480 e. The summed E-state index contributed by atoms with van der Waals surface area (Å²) in [4.78, 5) is 35.5. The van der Waals surface area contributed by atoms with Gasteiger partial charge in [-0.05, 0) is 12.8 Å².